The normalized spacial score (nSPS) is 14.1. The van der Waals surface area contributed by atoms with Crippen LogP contribution in [0.25, 0.3) is 0 Å². The molecule has 1 aromatic carbocycles. The molecule has 28 heavy (non-hydrogen) atoms. The van der Waals surface area contributed by atoms with Crippen LogP contribution in [0.4, 0.5) is 0 Å². The Morgan fingerprint density at radius 3 is 2.75 bits per heavy atom. The third-order valence-corrected chi connectivity index (χ3v) is 4.90. The lowest BCUT2D eigenvalue weighted by molar-refractivity contribution is 0.171. The van der Waals surface area contributed by atoms with E-state index in [1.165, 1.54) is 5.56 Å². The minimum absolute atomic E-state index is 0.100. The maximum absolute atomic E-state index is 5.72. The number of guanidine groups is 1. The van der Waals surface area contributed by atoms with Gasteiger partial charge in [-0.15, -0.1) is 10.2 Å². The minimum atomic E-state index is -0.100. The molecule has 0 aliphatic carbocycles. The number of aromatic nitrogens is 3. The quantitative estimate of drug-likeness (QED) is 0.557. The van der Waals surface area contributed by atoms with Gasteiger partial charge in [0.1, 0.15) is 25.4 Å². The summed E-state index contributed by atoms with van der Waals surface area (Å²) >= 11 is 0. The lowest BCUT2D eigenvalue weighted by atomic mass is 9.84. The Labute approximate surface area is 166 Å². The van der Waals surface area contributed by atoms with E-state index in [0.717, 1.165) is 49.3 Å². The standard InChI is InChI=1S/C20H30N6O2/c1-5-18-25-24-14-26(18)9-8-22-19(21-4)23-13-20(2,3)15-6-7-16-17(12-15)28-11-10-27-16/h6-7,12,14H,5,8-11,13H2,1-4H3,(H2,21,22,23). The van der Waals surface area contributed by atoms with Crippen molar-refractivity contribution in [2.24, 2.45) is 4.99 Å². The highest BCUT2D eigenvalue weighted by atomic mass is 16.6. The monoisotopic (exact) mass is 386 g/mol. The molecule has 1 aliphatic heterocycles. The van der Waals surface area contributed by atoms with Crippen LogP contribution in [0.5, 0.6) is 11.5 Å². The van der Waals surface area contributed by atoms with Crippen molar-refractivity contribution >= 4 is 5.96 Å². The van der Waals surface area contributed by atoms with E-state index in [2.05, 4.69) is 63.3 Å². The first-order valence-corrected chi connectivity index (χ1v) is 9.75. The van der Waals surface area contributed by atoms with E-state index in [1.54, 1.807) is 13.4 Å². The van der Waals surface area contributed by atoms with Crippen molar-refractivity contribution < 1.29 is 9.47 Å². The molecule has 0 amide bonds. The zero-order valence-corrected chi connectivity index (χ0v) is 17.2. The van der Waals surface area contributed by atoms with E-state index in [0.29, 0.717) is 13.2 Å². The van der Waals surface area contributed by atoms with Crippen molar-refractivity contribution in [1.82, 2.24) is 25.4 Å². The summed E-state index contributed by atoms with van der Waals surface area (Å²) in [6.45, 7) is 9.95. The highest BCUT2D eigenvalue weighted by Crippen LogP contribution is 2.34. The van der Waals surface area contributed by atoms with Gasteiger partial charge in [-0.05, 0) is 17.7 Å². The fourth-order valence-electron chi connectivity index (χ4n) is 3.13. The molecule has 2 aromatic rings. The number of aryl methyl sites for hydroxylation is 1. The average molecular weight is 387 g/mol. The van der Waals surface area contributed by atoms with Gasteiger partial charge < -0.3 is 24.7 Å². The van der Waals surface area contributed by atoms with E-state index in [-0.39, 0.29) is 5.41 Å². The molecular formula is C20H30N6O2. The molecule has 0 fully saturated rings. The Kier molecular flexibility index (Phi) is 6.38. The van der Waals surface area contributed by atoms with Crippen molar-refractivity contribution in [3.05, 3.63) is 35.9 Å². The molecule has 0 unspecified atom stereocenters. The first-order valence-electron chi connectivity index (χ1n) is 9.75. The fraction of sp³-hybridized carbons (Fsp3) is 0.550. The van der Waals surface area contributed by atoms with Gasteiger partial charge in [0.2, 0.25) is 0 Å². The van der Waals surface area contributed by atoms with Crippen LogP contribution in [-0.4, -0.2) is 54.1 Å². The summed E-state index contributed by atoms with van der Waals surface area (Å²) < 4.78 is 13.4. The molecule has 152 valence electrons. The summed E-state index contributed by atoms with van der Waals surface area (Å²) in [6.07, 6.45) is 2.64. The second kappa shape index (κ2) is 8.95. The Morgan fingerprint density at radius 1 is 1.21 bits per heavy atom. The Hall–Kier alpha value is -2.77. The highest BCUT2D eigenvalue weighted by Gasteiger charge is 2.23. The molecule has 0 bridgehead atoms. The molecule has 3 rings (SSSR count). The van der Waals surface area contributed by atoms with Gasteiger partial charge in [0.15, 0.2) is 17.5 Å². The predicted molar refractivity (Wildman–Crippen MR) is 109 cm³/mol. The second-order valence-corrected chi connectivity index (χ2v) is 7.39. The maximum atomic E-state index is 5.72. The number of hydrogen-bond donors (Lipinski definition) is 2. The van der Waals surface area contributed by atoms with Gasteiger partial charge in [-0.1, -0.05) is 26.8 Å². The van der Waals surface area contributed by atoms with Gasteiger partial charge in [0.05, 0.1) is 0 Å². The number of nitrogens with one attached hydrogen (secondary N) is 2. The number of hydrogen-bond acceptors (Lipinski definition) is 5. The van der Waals surface area contributed by atoms with Crippen LogP contribution < -0.4 is 20.1 Å². The number of aliphatic imine (C=N–C) groups is 1. The van der Waals surface area contributed by atoms with E-state index >= 15 is 0 Å². The summed E-state index contributed by atoms with van der Waals surface area (Å²) in [5, 5.41) is 14.8. The van der Waals surface area contributed by atoms with Crippen molar-refractivity contribution in [1.29, 1.82) is 0 Å². The lowest BCUT2D eigenvalue weighted by Crippen LogP contribution is -2.44. The van der Waals surface area contributed by atoms with E-state index in [1.807, 2.05) is 6.07 Å². The van der Waals surface area contributed by atoms with Gasteiger partial charge >= 0.3 is 0 Å². The van der Waals surface area contributed by atoms with Crippen LogP contribution in [0.15, 0.2) is 29.5 Å². The van der Waals surface area contributed by atoms with Crippen LogP contribution in [0.2, 0.25) is 0 Å². The molecule has 0 saturated heterocycles. The smallest absolute Gasteiger partial charge is 0.191 e. The molecular weight excluding hydrogens is 356 g/mol. The second-order valence-electron chi connectivity index (χ2n) is 7.39. The highest BCUT2D eigenvalue weighted by molar-refractivity contribution is 5.79. The van der Waals surface area contributed by atoms with Gasteiger partial charge in [-0.3, -0.25) is 4.99 Å². The number of rotatable bonds is 7. The largest absolute Gasteiger partial charge is 0.486 e. The third kappa shape index (κ3) is 4.74. The molecule has 0 atom stereocenters. The van der Waals surface area contributed by atoms with Gasteiger partial charge in [-0.2, -0.15) is 0 Å². The Balaban J connectivity index is 1.53. The van der Waals surface area contributed by atoms with Crippen molar-refractivity contribution in [2.45, 2.75) is 39.2 Å². The first kappa shape index (κ1) is 20.0. The lowest BCUT2D eigenvalue weighted by Gasteiger charge is -2.28. The number of ether oxygens (including phenoxy) is 2. The van der Waals surface area contributed by atoms with Crippen molar-refractivity contribution in [2.75, 3.05) is 33.4 Å². The Morgan fingerprint density at radius 2 is 2.00 bits per heavy atom. The first-order chi connectivity index (χ1) is 13.5. The van der Waals surface area contributed by atoms with Gasteiger partial charge in [0, 0.05) is 38.5 Å². The third-order valence-electron chi connectivity index (χ3n) is 4.90. The number of benzene rings is 1. The molecule has 0 radical (unpaired) electrons. The summed E-state index contributed by atoms with van der Waals surface area (Å²) in [7, 11) is 1.78. The number of nitrogens with zero attached hydrogens (tertiary/aromatic N) is 4. The SMILES string of the molecule is CCc1nncn1CCNC(=NC)NCC(C)(C)c1ccc2c(c1)OCCO2. The van der Waals surface area contributed by atoms with E-state index < -0.39 is 0 Å². The zero-order valence-electron chi connectivity index (χ0n) is 17.2. The van der Waals surface area contributed by atoms with Crippen LogP contribution >= 0.6 is 0 Å². The molecule has 1 aromatic heterocycles. The molecule has 8 heteroatoms. The summed E-state index contributed by atoms with van der Waals surface area (Å²) in [5.74, 6) is 3.40. The molecule has 8 nitrogen and oxygen atoms in total. The van der Waals surface area contributed by atoms with Crippen LogP contribution in [0.1, 0.15) is 32.2 Å². The summed E-state index contributed by atoms with van der Waals surface area (Å²) in [6, 6.07) is 6.16. The molecule has 2 heterocycles. The van der Waals surface area contributed by atoms with Crippen molar-refractivity contribution in [3.8, 4) is 11.5 Å². The average Bonchev–Trinajstić information content (AvgIpc) is 3.17. The van der Waals surface area contributed by atoms with Crippen LogP contribution in [0.3, 0.4) is 0 Å². The van der Waals surface area contributed by atoms with E-state index in [9.17, 15) is 0 Å². The number of fused-ring (bicyclic) bond motifs is 1. The molecule has 0 spiro atoms. The van der Waals surface area contributed by atoms with Crippen LogP contribution in [-0.2, 0) is 18.4 Å². The predicted octanol–water partition coefficient (Wildman–Crippen LogP) is 1.75. The molecule has 0 saturated carbocycles. The summed E-state index contributed by atoms with van der Waals surface area (Å²) in [4.78, 5) is 4.33. The molecule has 2 N–H and O–H groups in total. The molecule has 1 aliphatic rings. The van der Waals surface area contributed by atoms with E-state index in [4.69, 9.17) is 9.47 Å². The van der Waals surface area contributed by atoms with Gasteiger partial charge in [0.25, 0.3) is 0 Å². The zero-order chi connectivity index (χ0) is 20.0. The minimum Gasteiger partial charge on any atom is -0.486 e. The summed E-state index contributed by atoms with van der Waals surface area (Å²) in [5.41, 5.74) is 1.09. The van der Waals surface area contributed by atoms with Gasteiger partial charge in [-0.25, -0.2) is 0 Å². The van der Waals surface area contributed by atoms with Crippen molar-refractivity contribution in [3.63, 3.8) is 0 Å². The van der Waals surface area contributed by atoms with Crippen LogP contribution in [0, 0.1) is 0 Å². The fourth-order valence-corrected chi connectivity index (χ4v) is 3.13. The topological polar surface area (TPSA) is 85.6 Å². The maximum Gasteiger partial charge on any atom is 0.191 e. The Bertz CT molecular complexity index is 815.